The molecule has 7 nitrogen and oxygen atoms in total. The number of carbonyl (C=O) groups is 2. The average molecular weight is 420 g/mol. The molecule has 0 saturated carbocycles. The van der Waals surface area contributed by atoms with Crippen LogP contribution in [0.1, 0.15) is 52.6 Å². The van der Waals surface area contributed by atoms with Crippen molar-refractivity contribution in [3.63, 3.8) is 0 Å². The van der Waals surface area contributed by atoms with Crippen LogP contribution >= 0.6 is 11.6 Å². The Morgan fingerprint density at radius 1 is 1.31 bits per heavy atom. The molecule has 29 heavy (non-hydrogen) atoms. The number of aryl methyl sites for hydroxylation is 2. The second kappa shape index (κ2) is 9.89. The maximum absolute atomic E-state index is 12.6. The lowest BCUT2D eigenvalue weighted by molar-refractivity contribution is 0.0474. The first-order valence-corrected chi connectivity index (χ1v) is 10.3. The fourth-order valence-electron chi connectivity index (χ4n) is 3.48. The minimum Gasteiger partial charge on any atom is -0.454 e. The molecule has 1 aromatic carbocycles. The number of Topliss-reactive ketones (excluding diaryl/α,β-unsaturated/α-hetero) is 1. The van der Waals surface area contributed by atoms with Gasteiger partial charge in [0.25, 0.3) is 0 Å². The Labute approximate surface area is 175 Å². The topological polar surface area (TPSA) is 96.4 Å². The minimum atomic E-state index is -0.642. The summed E-state index contributed by atoms with van der Waals surface area (Å²) in [5, 5.41) is 4.81. The van der Waals surface area contributed by atoms with Gasteiger partial charge in [-0.2, -0.15) is 5.10 Å². The van der Waals surface area contributed by atoms with Gasteiger partial charge in [0.05, 0.1) is 10.7 Å². The van der Waals surface area contributed by atoms with Crippen molar-refractivity contribution < 1.29 is 19.1 Å². The number of anilines is 1. The molecule has 0 unspecified atom stereocenters. The van der Waals surface area contributed by atoms with Crippen LogP contribution in [-0.4, -0.2) is 41.4 Å². The summed E-state index contributed by atoms with van der Waals surface area (Å²) in [6.45, 7) is 3.71. The lowest BCUT2D eigenvalue weighted by Crippen LogP contribution is -2.18. The van der Waals surface area contributed by atoms with E-state index >= 15 is 0 Å². The van der Waals surface area contributed by atoms with Gasteiger partial charge in [-0.25, -0.2) is 9.48 Å². The summed E-state index contributed by atoms with van der Waals surface area (Å²) < 4.78 is 12.3. The van der Waals surface area contributed by atoms with Crippen molar-refractivity contribution in [2.45, 2.75) is 39.2 Å². The Kier molecular flexibility index (Phi) is 7.28. The second-order valence-corrected chi connectivity index (χ2v) is 7.51. The van der Waals surface area contributed by atoms with Gasteiger partial charge in [-0.15, -0.1) is 0 Å². The van der Waals surface area contributed by atoms with Gasteiger partial charge in [-0.05, 0) is 43.7 Å². The molecular formula is C21H26ClN3O4. The third-order valence-corrected chi connectivity index (χ3v) is 5.53. The number of nitrogens with two attached hydrogens (primary N) is 1. The zero-order chi connectivity index (χ0) is 20.8. The molecule has 2 aromatic rings. The van der Waals surface area contributed by atoms with Crippen LogP contribution in [0.15, 0.2) is 24.3 Å². The Morgan fingerprint density at radius 2 is 2.03 bits per heavy atom. The van der Waals surface area contributed by atoms with Crippen LogP contribution in [-0.2, 0) is 22.4 Å². The molecule has 156 valence electrons. The predicted octanol–water partition coefficient (Wildman–Crippen LogP) is 3.54. The number of ketones is 1. The van der Waals surface area contributed by atoms with Gasteiger partial charge in [0, 0.05) is 25.3 Å². The zero-order valence-corrected chi connectivity index (χ0v) is 17.3. The van der Waals surface area contributed by atoms with E-state index in [0.717, 1.165) is 32.5 Å². The average Bonchev–Trinajstić information content (AvgIpc) is 3.07. The number of halogens is 1. The summed E-state index contributed by atoms with van der Waals surface area (Å²) in [6, 6.07) is 6.65. The highest BCUT2D eigenvalue weighted by atomic mass is 35.5. The molecule has 1 fully saturated rings. The normalized spacial score (nSPS) is 14.7. The molecule has 1 aliphatic heterocycles. The van der Waals surface area contributed by atoms with E-state index in [2.05, 4.69) is 5.10 Å². The van der Waals surface area contributed by atoms with Crippen LogP contribution in [0.25, 0.3) is 0 Å². The Hall–Kier alpha value is -2.38. The standard InChI is InChI=1S/C21H26ClN3O4/c1-2-17-19(20(23)25(24-17)10-7-14-8-11-28-12-9-14)21(27)29-13-18(26)15-5-3-4-6-16(15)22/h3-6,14H,2,7-13,23H2,1H3. The lowest BCUT2D eigenvalue weighted by Gasteiger charge is -2.21. The molecule has 0 bridgehead atoms. The fraction of sp³-hybridized carbons (Fsp3) is 0.476. The van der Waals surface area contributed by atoms with Gasteiger partial charge < -0.3 is 15.2 Å². The second-order valence-electron chi connectivity index (χ2n) is 7.11. The molecule has 1 aromatic heterocycles. The molecule has 2 heterocycles. The summed E-state index contributed by atoms with van der Waals surface area (Å²) in [7, 11) is 0. The van der Waals surface area contributed by atoms with Crippen molar-refractivity contribution in [3.05, 3.63) is 46.1 Å². The van der Waals surface area contributed by atoms with E-state index in [1.165, 1.54) is 0 Å². The summed E-state index contributed by atoms with van der Waals surface area (Å²) in [5.41, 5.74) is 7.34. The Morgan fingerprint density at radius 3 is 2.72 bits per heavy atom. The van der Waals surface area contributed by atoms with Gasteiger partial charge >= 0.3 is 5.97 Å². The molecule has 0 spiro atoms. The highest BCUT2D eigenvalue weighted by molar-refractivity contribution is 6.34. The number of carbonyl (C=O) groups excluding carboxylic acids is 2. The SMILES string of the molecule is CCc1nn(CCC2CCOCC2)c(N)c1C(=O)OCC(=O)c1ccccc1Cl. The molecule has 0 aliphatic carbocycles. The molecule has 8 heteroatoms. The number of esters is 1. The van der Waals surface area contributed by atoms with Crippen molar-refractivity contribution in [1.29, 1.82) is 0 Å². The maximum atomic E-state index is 12.6. The van der Waals surface area contributed by atoms with Crippen molar-refractivity contribution in [2.24, 2.45) is 5.92 Å². The van der Waals surface area contributed by atoms with Gasteiger partial charge in [-0.3, -0.25) is 4.79 Å². The number of benzene rings is 1. The smallest absolute Gasteiger partial charge is 0.344 e. The first-order chi connectivity index (χ1) is 14.0. The minimum absolute atomic E-state index is 0.242. The van der Waals surface area contributed by atoms with E-state index in [9.17, 15) is 9.59 Å². The molecule has 0 radical (unpaired) electrons. The van der Waals surface area contributed by atoms with Gasteiger partial charge in [0.2, 0.25) is 5.78 Å². The van der Waals surface area contributed by atoms with E-state index in [-0.39, 0.29) is 17.2 Å². The van der Waals surface area contributed by atoms with Crippen LogP contribution in [0.5, 0.6) is 0 Å². The molecule has 1 aliphatic rings. The Balaban J connectivity index is 1.65. The van der Waals surface area contributed by atoms with Gasteiger partial charge in [0.1, 0.15) is 11.4 Å². The number of hydrogen-bond acceptors (Lipinski definition) is 6. The number of hydrogen-bond donors (Lipinski definition) is 1. The molecule has 2 N–H and O–H groups in total. The molecule has 1 saturated heterocycles. The monoisotopic (exact) mass is 419 g/mol. The number of aromatic nitrogens is 2. The van der Waals surface area contributed by atoms with E-state index < -0.39 is 12.6 Å². The third-order valence-electron chi connectivity index (χ3n) is 5.20. The first-order valence-electron chi connectivity index (χ1n) is 9.89. The lowest BCUT2D eigenvalue weighted by atomic mass is 9.97. The predicted molar refractivity (Wildman–Crippen MR) is 110 cm³/mol. The number of rotatable bonds is 8. The highest BCUT2D eigenvalue weighted by Crippen LogP contribution is 2.23. The number of nitrogen functional groups attached to an aromatic ring is 1. The van der Waals surface area contributed by atoms with Gasteiger partial charge in [-0.1, -0.05) is 30.7 Å². The maximum Gasteiger partial charge on any atom is 0.344 e. The van der Waals surface area contributed by atoms with E-state index in [0.29, 0.717) is 35.2 Å². The van der Waals surface area contributed by atoms with Crippen LogP contribution in [0, 0.1) is 5.92 Å². The fourth-order valence-corrected chi connectivity index (χ4v) is 3.72. The Bertz CT molecular complexity index is 875. The highest BCUT2D eigenvalue weighted by Gasteiger charge is 2.24. The quantitative estimate of drug-likeness (QED) is 0.519. The first kappa shape index (κ1) is 21.3. The van der Waals surface area contributed by atoms with E-state index in [4.69, 9.17) is 26.8 Å². The summed E-state index contributed by atoms with van der Waals surface area (Å²) in [6.07, 6.45) is 3.52. The molecule has 0 atom stereocenters. The third kappa shape index (κ3) is 5.16. The van der Waals surface area contributed by atoms with Crippen molar-refractivity contribution in [1.82, 2.24) is 9.78 Å². The van der Waals surface area contributed by atoms with Crippen molar-refractivity contribution >= 4 is 29.2 Å². The van der Waals surface area contributed by atoms with Gasteiger partial charge in [0.15, 0.2) is 6.61 Å². The van der Waals surface area contributed by atoms with Crippen LogP contribution in [0.4, 0.5) is 5.82 Å². The van der Waals surface area contributed by atoms with E-state index in [1.807, 2.05) is 6.92 Å². The summed E-state index contributed by atoms with van der Waals surface area (Å²) in [5.74, 6) is -0.158. The molecular weight excluding hydrogens is 394 g/mol. The molecule has 3 rings (SSSR count). The summed E-state index contributed by atoms with van der Waals surface area (Å²) >= 11 is 6.02. The summed E-state index contributed by atoms with van der Waals surface area (Å²) in [4.78, 5) is 24.9. The molecule has 0 amide bonds. The zero-order valence-electron chi connectivity index (χ0n) is 16.5. The van der Waals surface area contributed by atoms with E-state index in [1.54, 1.807) is 28.9 Å². The van der Waals surface area contributed by atoms with Crippen LogP contribution < -0.4 is 5.73 Å². The number of nitrogens with zero attached hydrogens (tertiary/aromatic N) is 2. The van der Waals surface area contributed by atoms with Crippen LogP contribution in [0.2, 0.25) is 5.02 Å². The van der Waals surface area contributed by atoms with Crippen molar-refractivity contribution in [3.8, 4) is 0 Å². The van der Waals surface area contributed by atoms with Crippen molar-refractivity contribution in [2.75, 3.05) is 25.6 Å². The number of ether oxygens (including phenoxy) is 2. The largest absolute Gasteiger partial charge is 0.454 e. The van der Waals surface area contributed by atoms with Crippen LogP contribution in [0.3, 0.4) is 0 Å².